The summed E-state index contributed by atoms with van der Waals surface area (Å²) in [6, 6.07) is 15.6. The summed E-state index contributed by atoms with van der Waals surface area (Å²) in [4.78, 5) is 27.3. The van der Waals surface area contributed by atoms with Crippen molar-refractivity contribution in [3.05, 3.63) is 60.7 Å². The van der Waals surface area contributed by atoms with Crippen LogP contribution in [-0.2, 0) is 18.9 Å². The molecule has 9 nitrogen and oxygen atoms in total. The summed E-state index contributed by atoms with van der Waals surface area (Å²) in [5, 5.41) is 2.62. The highest BCUT2D eigenvalue weighted by Gasteiger charge is 2.36. The molecule has 1 atom stereocenters. The fourth-order valence-electron chi connectivity index (χ4n) is 2.48. The smallest absolute Gasteiger partial charge is 0.462 e. The Labute approximate surface area is 180 Å². The van der Waals surface area contributed by atoms with E-state index in [9.17, 15) is 14.2 Å². The number of nitrogens with one attached hydrogen (secondary N) is 2. The van der Waals surface area contributed by atoms with Gasteiger partial charge in [-0.05, 0) is 44.5 Å². The second-order valence-corrected chi connectivity index (χ2v) is 8.35. The molecular formula is C21H25N3O6P+. The minimum atomic E-state index is -4.12. The van der Waals surface area contributed by atoms with Crippen LogP contribution < -0.4 is 14.1 Å². The third kappa shape index (κ3) is 8.56. The molecule has 0 aliphatic carbocycles. The molecule has 31 heavy (non-hydrogen) atoms. The number of benzene rings is 2. The van der Waals surface area contributed by atoms with Crippen molar-refractivity contribution >= 4 is 25.7 Å². The van der Waals surface area contributed by atoms with Gasteiger partial charge in [0.25, 0.3) is 0 Å². The van der Waals surface area contributed by atoms with E-state index in [1.165, 1.54) is 0 Å². The van der Waals surface area contributed by atoms with E-state index in [1.54, 1.807) is 74.5 Å². The summed E-state index contributed by atoms with van der Waals surface area (Å²) < 4.78 is 30.1. The number of para-hydroxylation sites is 2. The number of esters is 1. The largest absolute Gasteiger partial charge is 0.513 e. The maximum absolute atomic E-state index is 13.6. The normalized spacial score (nSPS) is 11.8. The molecule has 10 heteroatoms. The molecule has 0 amide bonds. The molecule has 0 heterocycles. The number of carbonyl (C=O) groups is 2. The molecule has 2 rings (SSSR count). The topological polar surface area (TPSA) is 129 Å². The molecule has 0 aliphatic rings. The van der Waals surface area contributed by atoms with E-state index in [1.807, 2.05) is 0 Å². The molecule has 2 aromatic rings. The van der Waals surface area contributed by atoms with E-state index < -0.39 is 31.6 Å². The lowest BCUT2D eigenvalue weighted by Gasteiger charge is -2.25. The Morgan fingerprint density at radius 1 is 1.03 bits per heavy atom. The van der Waals surface area contributed by atoms with Gasteiger partial charge in [0.15, 0.2) is 0 Å². The lowest BCUT2D eigenvalue weighted by molar-refractivity contribution is -0.149. The van der Waals surface area contributed by atoms with Crippen LogP contribution in [0, 0.1) is 5.53 Å². The zero-order valence-electron chi connectivity index (χ0n) is 17.3. The maximum atomic E-state index is 13.6. The number of ketones is 1. The number of rotatable bonds is 12. The van der Waals surface area contributed by atoms with Crippen LogP contribution in [0.1, 0.15) is 26.7 Å². The molecule has 164 valence electrons. The average Bonchev–Trinajstić information content (AvgIpc) is 2.72. The van der Waals surface area contributed by atoms with Gasteiger partial charge < -0.3 is 13.8 Å². The maximum Gasteiger partial charge on any atom is 0.513 e. The van der Waals surface area contributed by atoms with Crippen molar-refractivity contribution in [1.29, 1.82) is 5.53 Å². The molecule has 0 fully saturated rings. The molecule has 0 saturated carbocycles. The summed E-state index contributed by atoms with van der Waals surface area (Å²) in [5.74, 6) is -0.633. The highest BCUT2D eigenvalue weighted by Crippen LogP contribution is 2.45. The first-order valence-corrected chi connectivity index (χ1v) is 11.2. The van der Waals surface area contributed by atoms with E-state index in [2.05, 4.69) is 9.88 Å². The van der Waals surface area contributed by atoms with Gasteiger partial charge >= 0.3 is 19.9 Å². The lowest BCUT2D eigenvalue weighted by atomic mass is 10.1. The van der Waals surface area contributed by atoms with Gasteiger partial charge in [-0.2, -0.15) is 5.09 Å². The van der Waals surface area contributed by atoms with Crippen LogP contribution in [0.5, 0.6) is 11.5 Å². The number of carbonyl (C=O) groups excluding carboxylic acids is 2. The Morgan fingerprint density at radius 2 is 1.55 bits per heavy atom. The molecule has 0 radical (unpaired) electrons. The number of ether oxygens (including phenoxy) is 1. The van der Waals surface area contributed by atoms with Crippen LogP contribution in [0.2, 0.25) is 0 Å². The van der Waals surface area contributed by atoms with Crippen molar-refractivity contribution in [1.82, 2.24) is 5.09 Å². The van der Waals surface area contributed by atoms with Crippen molar-refractivity contribution < 1.29 is 32.7 Å². The summed E-state index contributed by atoms with van der Waals surface area (Å²) in [6.45, 7) is 3.35. The summed E-state index contributed by atoms with van der Waals surface area (Å²) in [7, 11) is -4.12. The Hall–Kier alpha value is -3.25. The predicted octanol–water partition coefficient (Wildman–Crippen LogP) is 3.82. The fraction of sp³-hybridized carbons (Fsp3) is 0.286. The number of nitrogens with zero attached hydrogens (tertiary/aromatic N) is 1. The first-order chi connectivity index (χ1) is 14.8. The van der Waals surface area contributed by atoms with Gasteiger partial charge in [0, 0.05) is 6.42 Å². The summed E-state index contributed by atoms with van der Waals surface area (Å²) >= 11 is 0. The molecule has 0 aromatic heterocycles. The van der Waals surface area contributed by atoms with Gasteiger partial charge in [-0.3, -0.25) is 9.59 Å². The van der Waals surface area contributed by atoms with Crippen LogP contribution in [0.4, 0.5) is 0 Å². The van der Waals surface area contributed by atoms with Crippen LogP contribution in [0.3, 0.4) is 0 Å². The third-order valence-electron chi connectivity index (χ3n) is 3.78. The highest BCUT2D eigenvalue weighted by molar-refractivity contribution is 7.52. The molecular weight excluding hydrogens is 421 g/mol. The standard InChI is InChI=1S/C21H25N3O6P/c1-16(2)28-21(26)20(14-13-17(25)15-23-22)24-31(27,29-18-9-5-3-6-10-18)30-19-11-7-4-8-12-19/h3-12,15-16,20,22H,13-14H2,1-2H3,(H,24,27)/q+1. The average molecular weight is 446 g/mol. The number of hydrogen-bond acceptors (Lipinski definition) is 7. The fourth-order valence-corrected chi connectivity index (χ4v) is 4.03. The summed E-state index contributed by atoms with van der Waals surface area (Å²) in [6.07, 6.45) is 0.234. The van der Waals surface area contributed by atoms with Crippen molar-refractivity contribution in [2.75, 3.05) is 0 Å². The highest BCUT2D eigenvalue weighted by atomic mass is 31.2. The van der Waals surface area contributed by atoms with Crippen LogP contribution in [-0.4, -0.2) is 34.9 Å². The SMILES string of the molecule is CC(C)OC(=O)C(CCC(=O)C=[N+]=N)NP(=O)(Oc1ccccc1)Oc1ccccc1. The predicted molar refractivity (Wildman–Crippen MR) is 113 cm³/mol. The lowest BCUT2D eigenvalue weighted by Crippen LogP contribution is -2.39. The van der Waals surface area contributed by atoms with E-state index >= 15 is 0 Å². The van der Waals surface area contributed by atoms with Gasteiger partial charge in [-0.25, -0.2) is 4.57 Å². The Bertz CT molecular complexity index is 916. The minimum Gasteiger partial charge on any atom is -0.462 e. The number of hydrogen-bond donors (Lipinski definition) is 2. The van der Waals surface area contributed by atoms with Gasteiger partial charge in [0.05, 0.1) is 16.4 Å². The van der Waals surface area contributed by atoms with Crippen molar-refractivity contribution in [2.45, 2.75) is 38.8 Å². The van der Waals surface area contributed by atoms with Crippen molar-refractivity contribution in [3.8, 4) is 11.5 Å². The molecule has 0 saturated heterocycles. The molecule has 2 N–H and O–H groups in total. The Morgan fingerprint density at radius 3 is 2.00 bits per heavy atom. The molecule has 0 bridgehead atoms. The second kappa shape index (κ2) is 11.8. The van der Waals surface area contributed by atoms with E-state index in [0.717, 1.165) is 6.21 Å². The zero-order valence-corrected chi connectivity index (χ0v) is 18.2. The first-order valence-electron chi connectivity index (χ1n) is 9.61. The monoisotopic (exact) mass is 446 g/mol. The molecule has 1 unspecified atom stereocenters. The summed E-state index contributed by atoms with van der Waals surface area (Å²) in [5.41, 5.74) is 6.75. The van der Waals surface area contributed by atoms with Crippen LogP contribution >= 0.6 is 7.75 Å². The minimum absolute atomic E-state index is 0.0588. The zero-order chi connectivity index (χ0) is 22.7. The Kier molecular flexibility index (Phi) is 9.15. The van der Waals surface area contributed by atoms with Gasteiger partial charge in [-0.1, -0.05) is 36.4 Å². The molecule has 2 aromatic carbocycles. The van der Waals surface area contributed by atoms with Gasteiger partial charge in [0.1, 0.15) is 17.5 Å². The molecule has 0 spiro atoms. The van der Waals surface area contributed by atoms with E-state index in [-0.39, 0.29) is 24.3 Å². The van der Waals surface area contributed by atoms with E-state index in [4.69, 9.17) is 19.3 Å². The van der Waals surface area contributed by atoms with Crippen molar-refractivity contribution in [2.24, 2.45) is 0 Å². The van der Waals surface area contributed by atoms with Crippen LogP contribution in [0.15, 0.2) is 60.7 Å². The second-order valence-electron chi connectivity index (χ2n) is 6.74. The Balaban J connectivity index is 2.30. The first kappa shape index (κ1) is 24.0. The molecule has 0 aliphatic heterocycles. The van der Waals surface area contributed by atoms with E-state index in [0.29, 0.717) is 0 Å². The van der Waals surface area contributed by atoms with Crippen LogP contribution in [0.25, 0.3) is 0 Å². The third-order valence-corrected chi connectivity index (χ3v) is 5.31. The van der Waals surface area contributed by atoms with Crippen molar-refractivity contribution in [3.63, 3.8) is 0 Å². The quantitative estimate of drug-likeness (QED) is 0.167. The van der Waals surface area contributed by atoms with Gasteiger partial charge in [-0.15, -0.1) is 0 Å². The van der Waals surface area contributed by atoms with Gasteiger partial charge in [0.2, 0.25) is 5.78 Å². The number of Topliss-reactive ketones (excluding diaryl/α,β-unsaturated/α-hetero) is 1.